The maximum atomic E-state index is 11.8. The highest BCUT2D eigenvalue weighted by Crippen LogP contribution is 2.18. The molecule has 1 aliphatic heterocycles. The Labute approximate surface area is 111 Å². The largest absolute Gasteiger partial charge is 0.479 e. The van der Waals surface area contributed by atoms with E-state index in [0.29, 0.717) is 24.0 Å². The van der Waals surface area contributed by atoms with E-state index in [9.17, 15) is 4.79 Å². The van der Waals surface area contributed by atoms with Crippen molar-refractivity contribution in [1.82, 2.24) is 15.3 Å². The van der Waals surface area contributed by atoms with Crippen LogP contribution in [0.2, 0.25) is 0 Å². The Kier molecular flexibility index (Phi) is 4.91. The molecule has 19 heavy (non-hydrogen) atoms. The molecule has 7 heteroatoms. The predicted molar refractivity (Wildman–Crippen MR) is 69.1 cm³/mol. The highest BCUT2D eigenvalue weighted by Gasteiger charge is 2.15. The van der Waals surface area contributed by atoms with Crippen LogP contribution in [0.5, 0.6) is 5.88 Å². The van der Waals surface area contributed by atoms with Crippen molar-refractivity contribution in [3.05, 3.63) is 12.5 Å². The molecule has 2 heterocycles. The van der Waals surface area contributed by atoms with Crippen LogP contribution in [0.4, 0.5) is 10.5 Å². The summed E-state index contributed by atoms with van der Waals surface area (Å²) in [5.41, 5.74) is 0.453. The fraction of sp³-hybridized carbons (Fsp3) is 0.583. The van der Waals surface area contributed by atoms with Gasteiger partial charge in [-0.25, -0.2) is 9.78 Å². The van der Waals surface area contributed by atoms with Gasteiger partial charge in [-0.2, -0.15) is 4.98 Å². The van der Waals surface area contributed by atoms with Gasteiger partial charge in [-0.3, -0.25) is 0 Å². The Morgan fingerprint density at radius 3 is 3.05 bits per heavy atom. The minimum atomic E-state index is -0.278. The lowest BCUT2D eigenvalue weighted by Gasteiger charge is -2.22. The SMILES string of the molecule is COc1ncncc1NC(=O)NCC1CCOCC1. The molecule has 1 saturated heterocycles. The first-order valence-electron chi connectivity index (χ1n) is 6.26. The van der Waals surface area contributed by atoms with Gasteiger partial charge in [-0.1, -0.05) is 0 Å². The molecule has 0 spiro atoms. The van der Waals surface area contributed by atoms with Crippen molar-refractivity contribution in [2.45, 2.75) is 12.8 Å². The molecule has 0 bridgehead atoms. The lowest BCUT2D eigenvalue weighted by Crippen LogP contribution is -2.35. The molecule has 0 aromatic carbocycles. The first-order chi connectivity index (χ1) is 9.29. The smallest absolute Gasteiger partial charge is 0.319 e. The number of amides is 2. The molecule has 1 aliphatic rings. The summed E-state index contributed by atoms with van der Waals surface area (Å²) >= 11 is 0. The van der Waals surface area contributed by atoms with Gasteiger partial charge >= 0.3 is 6.03 Å². The van der Waals surface area contributed by atoms with Gasteiger partial charge in [-0.05, 0) is 18.8 Å². The Morgan fingerprint density at radius 1 is 1.53 bits per heavy atom. The van der Waals surface area contributed by atoms with E-state index in [-0.39, 0.29) is 6.03 Å². The average molecular weight is 266 g/mol. The number of hydrogen-bond donors (Lipinski definition) is 2. The molecule has 0 atom stereocenters. The zero-order chi connectivity index (χ0) is 13.5. The van der Waals surface area contributed by atoms with Gasteiger partial charge in [0.2, 0.25) is 5.88 Å². The van der Waals surface area contributed by atoms with E-state index in [1.54, 1.807) is 0 Å². The van der Waals surface area contributed by atoms with Crippen molar-refractivity contribution in [2.75, 3.05) is 32.2 Å². The van der Waals surface area contributed by atoms with Crippen LogP contribution in [-0.2, 0) is 4.74 Å². The van der Waals surface area contributed by atoms with Crippen LogP contribution in [0.1, 0.15) is 12.8 Å². The number of urea groups is 1. The van der Waals surface area contributed by atoms with Gasteiger partial charge in [0.15, 0.2) is 0 Å². The maximum absolute atomic E-state index is 11.8. The molecule has 1 aromatic rings. The van der Waals surface area contributed by atoms with Crippen LogP contribution >= 0.6 is 0 Å². The number of aromatic nitrogens is 2. The number of nitrogens with zero attached hydrogens (tertiary/aromatic N) is 2. The standard InChI is InChI=1S/C12H18N4O3/c1-18-11-10(7-13-8-15-11)16-12(17)14-6-9-2-4-19-5-3-9/h7-9H,2-6H2,1H3,(H2,14,16,17). The predicted octanol–water partition coefficient (Wildman–Crippen LogP) is 1.03. The van der Waals surface area contributed by atoms with E-state index >= 15 is 0 Å². The van der Waals surface area contributed by atoms with E-state index in [1.807, 2.05) is 0 Å². The number of ether oxygens (including phenoxy) is 2. The van der Waals surface area contributed by atoms with Crippen LogP contribution in [-0.4, -0.2) is 42.9 Å². The second kappa shape index (κ2) is 6.89. The number of methoxy groups -OCH3 is 1. The highest BCUT2D eigenvalue weighted by atomic mass is 16.5. The van der Waals surface area contributed by atoms with E-state index < -0.39 is 0 Å². The molecule has 1 fully saturated rings. The Bertz CT molecular complexity index is 421. The van der Waals surface area contributed by atoms with Crippen LogP contribution < -0.4 is 15.4 Å². The summed E-state index contributed by atoms with van der Waals surface area (Å²) in [6.07, 6.45) is 4.83. The summed E-state index contributed by atoms with van der Waals surface area (Å²) in [5.74, 6) is 0.824. The summed E-state index contributed by atoms with van der Waals surface area (Å²) in [4.78, 5) is 19.5. The summed E-state index contributed by atoms with van der Waals surface area (Å²) in [7, 11) is 1.49. The molecule has 1 aromatic heterocycles. The van der Waals surface area contributed by atoms with Crippen LogP contribution in [0.3, 0.4) is 0 Å². The van der Waals surface area contributed by atoms with Crippen molar-refractivity contribution in [3.63, 3.8) is 0 Å². The molecule has 0 unspecified atom stereocenters. The van der Waals surface area contributed by atoms with Crippen LogP contribution in [0.15, 0.2) is 12.5 Å². The third-order valence-electron chi connectivity index (χ3n) is 3.01. The van der Waals surface area contributed by atoms with Crippen LogP contribution in [0, 0.1) is 5.92 Å². The molecule has 0 radical (unpaired) electrons. The zero-order valence-corrected chi connectivity index (χ0v) is 10.9. The Balaban J connectivity index is 1.80. The normalized spacial score (nSPS) is 15.8. The number of anilines is 1. The molecular weight excluding hydrogens is 248 g/mol. The number of carbonyl (C=O) groups is 1. The second-order valence-corrected chi connectivity index (χ2v) is 4.34. The van der Waals surface area contributed by atoms with E-state index in [1.165, 1.54) is 19.6 Å². The lowest BCUT2D eigenvalue weighted by atomic mass is 10.0. The topological polar surface area (TPSA) is 85.4 Å². The summed E-state index contributed by atoms with van der Waals surface area (Å²) in [6.45, 7) is 2.19. The maximum Gasteiger partial charge on any atom is 0.319 e. The number of rotatable bonds is 4. The molecule has 0 saturated carbocycles. The van der Waals surface area contributed by atoms with Gasteiger partial charge in [0.1, 0.15) is 12.0 Å². The van der Waals surface area contributed by atoms with Crippen molar-refractivity contribution in [1.29, 1.82) is 0 Å². The van der Waals surface area contributed by atoms with E-state index in [4.69, 9.17) is 9.47 Å². The second-order valence-electron chi connectivity index (χ2n) is 4.34. The molecule has 2 rings (SSSR count). The monoisotopic (exact) mass is 266 g/mol. The van der Waals surface area contributed by atoms with Gasteiger partial charge in [0.05, 0.1) is 13.3 Å². The number of hydrogen-bond acceptors (Lipinski definition) is 5. The molecular formula is C12H18N4O3. The first kappa shape index (κ1) is 13.5. The molecule has 104 valence electrons. The third kappa shape index (κ3) is 4.06. The van der Waals surface area contributed by atoms with Gasteiger partial charge in [0.25, 0.3) is 0 Å². The highest BCUT2D eigenvalue weighted by molar-refractivity contribution is 5.90. The zero-order valence-electron chi connectivity index (χ0n) is 10.9. The van der Waals surface area contributed by atoms with Crippen molar-refractivity contribution in [3.8, 4) is 5.88 Å². The number of carbonyl (C=O) groups excluding carboxylic acids is 1. The van der Waals surface area contributed by atoms with Crippen molar-refractivity contribution >= 4 is 11.7 Å². The van der Waals surface area contributed by atoms with Gasteiger partial charge < -0.3 is 20.1 Å². The molecule has 7 nitrogen and oxygen atoms in total. The Hall–Kier alpha value is -1.89. The quantitative estimate of drug-likeness (QED) is 0.850. The van der Waals surface area contributed by atoms with Gasteiger partial charge in [-0.15, -0.1) is 0 Å². The lowest BCUT2D eigenvalue weighted by molar-refractivity contribution is 0.0671. The van der Waals surface area contributed by atoms with Crippen molar-refractivity contribution in [2.24, 2.45) is 5.92 Å². The summed E-state index contributed by atoms with van der Waals surface area (Å²) in [5, 5.41) is 5.51. The minimum Gasteiger partial charge on any atom is -0.479 e. The fourth-order valence-electron chi connectivity index (χ4n) is 1.92. The fourth-order valence-corrected chi connectivity index (χ4v) is 1.92. The Morgan fingerprint density at radius 2 is 2.32 bits per heavy atom. The first-order valence-corrected chi connectivity index (χ1v) is 6.26. The van der Waals surface area contributed by atoms with E-state index in [2.05, 4.69) is 20.6 Å². The van der Waals surface area contributed by atoms with Crippen molar-refractivity contribution < 1.29 is 14.3 Å². The summed E-state index contributed by atoms with van der Waals surface area (Å²) in [6, 6.07) is -0.278. The van der Waals surface area contributed by atoms with E-state index in [0.717, 1.165) is 26.1 Å². The minimum absolute atomic E-state index is 0.278. The molecule has 0 aliphatic carbocycles. The van der Waals surface area contributed by atoms with Crippen LogP contribution in [0.25, 0.3) is 0 Å². The summed E-state index contributed by atoms with van der Waals surface area (Å²) < 4.78 is 10.3. The van der Waals surface area contributed by atoms with Gasteiger partial charge in [0, 0.05) is 19.8 Å². The molecule has 2 N–H and O–H groups in total. The third-order valence-corrected chi connectivity index (χ3v) is 3.01. The average Bonchev–Trinajstić information content (AvgIpc) is 2.47. The number of nitrogens with one attached hydrogen (secondary N) is 2. The molecule has 2 amide bonds.